The predicted octanol–water partition coefficient (Wildman–Crippen LogP) is 2.54. The molecule has 0 aliphatic carbocycles. The first kappa shape index (κ1) is 15.8. The summed E-state index contributed by atoms with van der Waals surface area (Å²) in [6.45, 7) is 0. The molecule has 7 heteroatoms. The highest BCUT2D eigenvalue weighted by Gasteiger charge is 2.11. The standard InChI is InChI=1S/C17H14F2N4O/c1-23-15-8-3-2-7-14(15)21-16(23)9-17(24)22-20-10-11-12(18)5-4-6-13(11)19/h2-8,10H,9H2,1H3,(H,22,24). The van der Waals surface area contributed by atoms with Crippen molar-refractivity contribution in [1.29, 1.82) is 0 Å². The van der Waals surface area contributed by atoms with Crippen LogP contribution in [-0.2, 0) is 18.3 Å². The minimum atomic E-state index is -0.747. The van der Waals surface area contributed by atoms with Crippen molar-refractivity contribution in [2.24, 2.45) is 12.1 Å². The first-order valence-corrected chi connectivity index (χ1v) is 7.22. The second-order valence-corrected chi connectivity index (χ2v) is 5.18. The molecule has 0 spiro atoms. The highest BCUT2D eigenvalue weighted by molar-refractivity contribution is 5.84. The van der Waals surface area contributed by atoms with Crippen LogP contribution >= 0.6 is 0 Å². The summed E-state index contributed by atoms with van der Waals surface area (Å²) in [7, 11) is 1.82. The first-order chi connectivity index (χ1) is 11.6. The van der Waals surface area contributed by atoms with Gasteiger partial charge in [-0.05, 0) is 24.3 Å². The van der Waals surface area contributed by atoms with Crippen molar-refractivity contribution in [2.75, 3.05) is 0 Å². The van der Waals surface area contributed by atoms with Crippen LogP contribution in [0.1, 0.15) is 11.4 Å². The molecule has 1 amide bonds. The Morgan fingerprint density at radius 1 is 1.21 bits per heavy atom. The molecule has 1 aromatic heterocycles. The molecule has 3 aromatic rings. The quantitative estimate of drug-likeness (QED) is 0.591. The fourth-order valence-electron chi connectivity index (χ4n) is 2.34. The minimum Gasteiger partial charge on any atom is -0.331 e. The molecule has 0 fully saturated rings. The normalized spacial score (nSPS) is 11.3. The number of fused-ring (bicyclic) bond motifs is 1. The van der Waals surface area contributed by atoms with E-state index in [0.717, 1.165) is 29.4 Å². The van der Waals surface area contributed by atoms with Gasteiger partial charge in [-0.2, -0.15) is 5.10 Å². The number of amides is 1. The van der Waals surface area contributed by atoms with Crippen molar-refractivity contribution in [1.82, 2.24) is 15.0 Å². The zero-order chi connectivity index (χ0) is 17.1. The van der Waals surface area contributed by atoms with Crippen molar-refractivity contribution in [3.63, 3.8) is 0 Å². The maximum atomic E-state index is 13.4. The van der Waals surface area contributed by atoms with Crippen LogP contribution in [0.25, 0.3) is 11.0 Å². The number of nitrogens with one attached hydrogen (secondary N) is 1. The van der Waals surface area contributed by atoms with Gasteiger partial charge in [-0.1, -0.05) is 18.2 Å². The molecule has 2 aromatic carbocycles. The molecule has 0 radical (unpaired) electrons. The monoisotopic (exact) mass is 328 g/mol. The molecule has 1 N–H and O–H groups in total. The van der Waals surface area contributed by atoms with Crippen LogP contribution in [0.4, 0.5) is 8.78 Å². The Morgan fingerprint density at radius 2 is 1.92 bits per heavy atom. The van der Waals surface area contributed by atoms with Gasteiger partial charge in [0.2, 0.25) is 5.91 Å². The van der Waals surface area contributed by atoms with Crippen molar-refractivity contribution in [2.45, 2.75) is 6.42 Å². The summed E-state index contributed by atoms with van der Waals surface area (Å²) in [5.74, 6) is -1.35. The fraction of sp³-hybridized carbons (Fsp3) is 0.118. The molecule has 0 aliphatic heterocycles. The Bertz CT molecular complexity index is 913. The molecule has 5 nitrogen and oxygen atoms in total. The number of halogens is 2. The SMILES string of the molecule is Cn1c(CC(=O)NN=Cc2c(F)cccc2F)nc2ccccc21. The molecule has 24 heavy (non-hydrogen) atoms. The van der Waals surface area contributed by atoms with Gasteiger partial charge in [-0.15, -0.1) is 0 Å². The van der Waals surface area contributed by atoms with E-state index in [-0.39, 0.29) is 12.0 Å². The largest absolute Gasteiger partial charge is 0.331 e. The van der Waals surface area contributed by atoms with Gasteiger partial charge in [0.05, 0.1) is 29.2 Å². The number of hydrogen-bond donors (Lipinski definition) is 1. The summed E-state index contributed by atoms with van der Waals surface area (Å²) in [5, 5.41) is 3.60. The molecule has 0 saturated heterocycles. The maximum Gasteiger partial charge on any atom is 0.247 e. The topological polar surface area (TPSA) is 59.3 Å². The zero-order valence-corrected chi connectivity index (χ0v) is 12.8. The smallest absolute Gasteiger partial charge is 0.247 e. The van der Waals surface area contributed by atoms with E-state index in [0.29, 0.717) is 5.82 Å². The van der Waals surface area contributed by atoms with Crippen molar-refractivity contribution in [3.05, 3.63) is 65.5 Å². The third-order valence-electron chi connectivity index (χ3n) is 3.58. The molecule has 0 unspecified atom stereocenters. The molecule has 0 bridgehead atoms. The van der Waals surface area contributed by atoms with Gasteiger partial charge >= 0.3 is 0 Å². The van der Waals surface area contributed by atoms with Crippen LogP contribution < -0.4 is 5.43 Å². The third-order valence-corrected chi connectivity index (χ3v) is 3.58. The summed E-state index contributed by atoms with van der Waals surface area (Å²) in [6.07, 6.45) is 0.944. The van der Waals surface area contributed by atoms with E-state index in [9.17, 15) is 13.6 Å². The van der Waals surface area contributed by atoms with Gasteiger partial charge in [0, 0.05) is 7.05 Å². The maximum absolute atomic E-state index is 13.4. The van der Waals surface area contributed by atoms with Crippen LogP contribution in [0.15, 0.2) is 47.6 Å². The molecular formula is C17H14F2N4O. The lowest BCUT2D eigenvalue weighted by molar-refractivity contribution is -0.120. The average molecular weight is 328 g/mol. The Balaban J connectivity index is 1.69. The lowest BCUT2D eigenvalue weighted by Gasteiger charge is -2.02. The minimum absolute atomic E-state index is 0.00226. The molecule has 1 heterocycles. The number of para-hydroxylation sites is 2. The summed E-state index contributed by atoms with van der Waals surface area (Å²) < 4.78 is 28.7. The number of imidazole rings is 1. The highest BCUT2D eigenvalue weighted by atomic mass is 19.1. The number of benzene rings is 2. The highest BCUT2D eigenvalue weighted by Crippen LogP contribution is 2.14. The molecular weight excluding hydrogens is 314 g/mol. The van der Waals surface area contributed by atoms with E-state index in [2.05, 4.69) is 15.5 Å². The fourth-order valence-corrected chi connectivity index (χ4v) is 2.34. The third kappa shape index (κ3) is 3.15. The number of rotatable bonds is 4. The molecule has 0 atom stereocenters. The summed E-state index contributed by atoms with van der Waals surface area (Å²) >= 11 is 0. The second-order valence-electron chi connectivity index (χ2n) is 5.18. The van der Waals surface area contributed by atoms with Crippen LogP contribution in [0.3, 0.4) is 0 Å². The van der Waals surface area contributed by atoms with Gasteiger partial charge in [0.25, 0.3) is 0 Å². The summed E-state index contributed by atoms with van der Waals surface area (Å²) in [6, 6.07) is 11.0. The predicted molar refractivity (Wildman–Crippen MR) is 86.5 cm³/mol. The number of hydrazone groups is 1. The molecule has 0 aliphatic rings. The van der Waals surface area contributed by atoms with Crippen LogP contribution in [0.2, 0.25) is 0 Å². The van der Waals surface area contributed by atoms with Crippen molar-refractivity contribution in [3.8, 4) is 0 Å². The summed E-state index contributed by atoms with van der Waals surface area (Å²) in [4.78, 5) is 16.3. The van der Waals surface area contributed by atoms with Crippen LogP contribution in [0, 0.1) is 11.6 Å². The summed E-state index contributed by atoms with van der Waals surface area (Å²) in [5.41, 5.74) is 3.65. The number of aryl methyl sites for hydroxylation is 1. The number of nitrogens with zero attached hydrogens (tertiary/aromatic N) is 3. The van der Waals surface area contributed by atoms with Gasteiger partial charge in [-0.3, -0.25) is 4.79 Å². The average Bonchev–Trinajstić information content (AvgIpc) is 2.87. The van der Waals surface area contributed by atoms with E-state index < -0.39 is 17.5 Å². The van der Waals surface area contributed by atoms with E-state index in [1.807, 2.05) is 35.9 Å². The van der Waals surface area contributed by atoms with E-state index in [1.165, 1.54) is 6.07 Å². The van der Waals surface area contributed by atoms with E-state index >= 15 is 0 Å². The van der Waals surface area contributed by atoms with Crippen LogP contribution in [-0.4, -0.2) is 21.7 Å². The van der Waals surface area contributed by atoms with E-state index in [1.54, 1.807) is 0 Å². The first-order valence-electron chi connectivity index (χ1n) is 7.22. The lowest BCUT2D eigenvalue weighted by Crippen LogP contribution is -2.21. The Kier molecular flexibility index (Phi) is 4.33. The van der Waals surface area contributed by atoms with Gasteiger partial charge in [0.15, 0.2) is 0 Å². The number of carbonyl (C=O) groups excluding carboxylic acids is 1. The zero-order valence-electron chi connectivity index (χ0n) is 12.8. The second kappa shape index (κ2) is 6.57. The van der Waals surface area contributed by atoms with Crippen molar-refractivity contribution >= 4 is 23.2 Å². The Morgan fingerprint density at radius 3 is 2.62 bits per heavy atom. The van der Waals surface area contributed by atoms with Gasteiger partial charge in [-0.25, -0.2) is 19.2 Å². The van der Waals surface area contributed by atoms with Gasteiger partial charge in [0.1, 0.15) is 17.5 Å². The Hall–Kier alpha value is -3.09. The number of hydrogen-bond acceptors (Lipinski definition) is 3. The lowest BCUT2D eigenvalue weighted by atomic mass is 10.2. The van der Waals surface area contributed by atoms with Crippen LogP contribution in [0.5, 0.6) is 0 Å². The number of aromatic nitrogens is 2. The Labute approximate surface area is 136 Å². The number of carbonyl (C=O) groups is 1. The molecule has 3 rings (SSSR count). The molecule has 0 saturated carbocycles. The van der Waals surface area contributed by atoms with E-state index in [4.69, 9.17) is 0 Å². The molecule has 122 valence electrons. The van der Waals surface area contributed by atoms with Crippen molar-refractivity contribution < 1.29 is 13.6 Å². The van der Waals surface area contributed by atoms with Gasteiger partial charge < -0.3 is 4.57 Å².